The van der Waals surface area contributed by atoms with E-state index < -0.39 is 17.4 Å². The smallest absolute Gasteiger partial charge is 0.414 e. The van der Waals surface area contributed by atoms with Gasteiger partial charge in [-0.25, -0.2) is 28.5 Å². The second-order valence-electron chi connectivity index (χ2n) is 10.4. The van der Waals surface area contributed by atoms with Crippen molar-refractivity contribution in [1.82, 2.24) is 19.1 Å². The molecule has 0 saturated heterocycles. The molecule has 0 bridgehead atoms. The molecule has 0 unspecified atom stereocenters. The first-order valence-corrected chi connectivity index (χ1v) is 12.8. The van der Waals surface area contributed by atoms with Gasteiger partial charge in [0.1, 0.15) is 35.6 Å². The summed E-state index contributed by atoms with van der Waals surface area (Å²) < 4.78 is 27.6. The van der Waals surface area contributed by atoms with Crippen LogP contribution in [0.3, 0.4) is 0 Å². The number of carbonyl (C=O) groups is 1. The highest BCUT2D eigenvalue weighted by molar-refractivity contribution is 5.88. The van der Waals surface area contributed by atoms with Crippen molar-refractivity contribution in [2.24, 2.45) is 0 Å². The molecule has 0 spiro atoms. The van der Waals surface area contributed by atoms with Crippen LogP contribution < -0.4 is 21.1 Å². The Morgan fingerprint density at radius 3 is 2.41 bits per heavy atom. The van der Waals surface area contributed by atoms with Gasteiger partial charge in [0.2, 0.25) is 0 Å². The molecular weight excluding hydrogens is 527 g/mol. The molecule has 0 radical (unpaired) electrons. The van der Waals surface area contributed by atoms with Gasteiger partial charge in [0.25, 0.3) is 0 Å². The maximum atomic E-state index is 13.9. The predicted molar refractivity (Wildman–Crippen MR) is 154 cm³/mol. The van der Waals surface area contributed by atoms with Gasteiger partial charge in [-0.2, -0.15) is 0 Å². The molecule has 2 N–H and O–H groups in total. The van der Waals surface area contributed by atoms with Crippen LogP contribution in [0.15, 0.2) is 83.9 Å². The Morgan fingerprint density at radius 2 is 1.71 bits per heavy atom. The normalized spacial score (nSPS) is 11.4. The SMILES string of the molecule is CN(C(=O)OC(C)(C)C)c1cccc(-n2c(=O)n(-c3ccc(OCc4cccc(F)c4)cc3)c3c(N)ncnc32)c1. The van der Waals surface area contributed by atoms with Gasteiger partial charge in [0.15, 0.2) is 11.5 Å². The molecule has 3 aromatic carbocycles. The van der Waals surface area contributed by atoms with E-state index in [0.717, 1.165) is 0 Å². The summed E-state index contributed by atoms with van der Waals surface area (Å²) in [5.74, 6) is 0.329. The van der Waals surface area contributed by atoms with E-state index >= 15 is 0 Å². The fourth-order valence-corrected chi connectivity index (χ4v) is 4.28. The summed E-state index contributed by atoms with van der Waals surface area (Å²) >= 11 is 0. The number of benzene rings is 3. The van der Waals surface area contributed by atoms with Crippen molar-refractivity contribution in [3.63, 3.8) is 0 Å². The van der Waals surface area contributed by atoms with Gasteiger partial charge in [-0.3, -0.25) is 9.47 Å². The summed E-state index contributed by atoms with van der Waals surface area (Å²) in [6.07, 6.45) is 0.758. The van der Waals surface area contributed by atoms with E-state index in [-0.39, 0.29) is 18.2 Å². The minimum absolute atomic E-state index is 0.124. The first-order chi connectivity index (χ1) is 19.5. The number of aromatic nitrogens is 4. The molecule has 210 valence electrons. The van der Waals surface area contributed by atoms with Crippen LogP contribution in [0, 0.1) is 5.82 Å². The summed E-state index contributed by atoms with van der Waals surface area (Å²) in [6, 6.07) is 19.9. The Hall–Kier alpha value is -5.19. The number of fused-ring (bicyclic) bond motifs is 1. The fourth-order valence-electron chi connectivity index (χ4n) is 4.28. The monoisotopic (exact) mass is 556 g/mol. The van der Waals surface area contributed by atoms with E-state index in [1.807, 2.05) is 0 Å². The van der Waals surface area contributed by atoms with Crippen LogP contribution in [0.25, 0.3) is 22.5 Å². The van der Waals surface area contributed by atoms with Gasteiger partial charge in [0, 0.05) is 12.7 Å². The maximum absolute atomic E-state index is 13.9. The van der Waals surface area contributed by atoms with E-state index in [9.17, 15) is 14.0 Å². The highest BCUT2D eigenvalue weighted by atomic mass is 19.1. The van der Waals surface area contributed by atoms with Crippen LogP contribution in [0.4, 0.5) is 20.7 Å². The second kappa shape index (κ2) is 10.8. The van der Waals surface area contributed by atoms with E-state index in [1.54, 1.807) is 88.5 Å². The summed E-state index contributed by atoms with van der Waals surface area (Å²) in [4.78, 5) is 36.4. The highest BCUT2D eigenvalue weighted by Crippen LogP contribution is 2.26. The average Bonchev–Trinajstić information content (AvgIpc) is 3.24. The minimum atomic E-state index is -0.665. The molecule has 2 aromatic heterocycles. The van der Waals surface area contributed by atoms with E-state index in [4.69, 9.17) is 15.2 Å². The van der Waals surface area contributed by atoms with Gasteiger partial charge in [-0.05, 0) is 80.9 Å². The zero-order valence-electron chi connectivity index (χ0n) is 23.0. The lowest BCUT2D eigenvalue weighted by Gasteiger charge is -2.25. The Morgan fingerprint density at radius 1 is 0.976 bits per heavy atom. The number of ether oxygens (including phenoxy) is 2. The Kier molecular flexibility index (Phi) is 7.19. The second-order valence-corrected chi connectivity index (χ2v) is 10.4. The Bertz CT molecular complexity index is 1790. The van der Waals surface area contributed by atoms with Crippen molar-refractivity contribution in [2.45, 2.75) is 33.0 Å². The van der Waals surface area contributed by atoms with Crippen molar-refractivity contribution >= 4 is 28.8 Å². The van der Waals surface area contributed by atoms with Crippen molar-refractivity contribution in [2.75, 3.05) is 17.7 Å². The number of amides is 1. The first-order valence-electron chi connectivity index (χ1n) is 12.8. The molecule has 11 heteroatoms. The van der Waals surface area contributed by atoms with E-state index in [1.165, 1.54) is 32.5 Å². The fraction of sp³-hybridized carbons (Fsp3) is 0.200. The molecule has 1 amide bonds. The standard InChI is InChI=1S/C30H29FN6O4/c1-30(2,3)41-29(39)35(4)22-9-6-10-23(16-22)37-27-25(26(32)33-18-34-27)36(28(37)38)21-11-13-24(14-12-21)40-17-19-7-5-8-20(31)15-19/h5-16,18H,17H2,1-4H3,(H2,32,33,34). The zero-order chi connectivity index (χ0) is 29.3. The van der Waals surface area contributed by atoms with Crippen molar-refractivity contribution < 1.29 is 18.7 Å². The third-order valence-corrected chi connectivity index (χ3v) is 6.18. The van der Waals surface area contributed by atoms with Gasteiger partial charge >= 0.3 is 11.8 Å². The van der Waals surface area contributed by atoms with Crippen LogP contribution in [0.5, 0.6) is 5.75 Å². The molecule has 0 fully saturated rings. The number of halogens is 1. The molecule has 0 aliphatic rings. The summed E-state index contributed by atoms with van der Waals surface area (Å²) in [5.41, 5.74) is 7.97. The number of nitrogens with two attached hydrogens (primary N) is 1. The lowest BCUT2D eigenvalue weighted by Crippen LogP contribution is -2.34. The van der Waals surface area contributed by atoms with Crippen LogP contribution in [-0.2, 0) is 11.3 Å². The lowest BCUT2D eigenvalue weighted by molar-refractivity contribution is 0.0589. The van der Waals surface area contributed by atoms with Gasteiger partial charge < -0.3 is 15.2 Å². The molecule has 5 aromatic rings. The van der Waals surface area contributed by atoms with Crippen molar-refractivity contribution in [3.05, 3.63) is 101 Å². The number of hydrogen-bond donors (Lipinski definition) is 1. The number of imidazole rings is 1. The summed E-state index contributed by atoms with van der Waals surface area (Å²) in [7, 11) is 1.59. The quantitative estimate of drug-likeness (QED) is 0.304. The summed E-state index contributed by atoms with van der Waals surface area (Å²) in [6.45, 7) is 5.55. The van der Waals surface area contributed by atoms with Gasteiger partial charge in [-0.1, -0.05) is 18.2 Å². The number of rotatable bonds is 6. The number of carbonyl (C=O) groups excluding carboxylic acids is 1. The van der Waals surface area contributed by atoms with Gasteiger partial charge in [0.05, 0.1) is 11.4 Å². The summed E-state index contributed by atoms with van der Waals surface area (Å²) in [5, 5.41) is 0. The molecule has 5 rings (SSSR count). The lowest BCUT2D eigenvalue weighted by atomic mass is 10.2. The number of hydrogen-bond acceptors (Lipinski definition) is 7. The molecule has 0 saturated carbocycles. The first kappa shape index (κ1) is 27.4. The minimum Gasteiger partial charge on any atom is -0.489 e. The van der Waals surface area contributed by atoms with E-state index in [2.05, 4.69) is 9.97 Å². The third-order valence-electron chi connectivity index (χ3n) is 6.18. The van der Waals surface area contributed by atoms with Crippen LogP contribution in [0.2, 0.25) is 0 Å². The molecule has 10 nitrogen and oxygen atoms in total. The van der Waals surface area contributed by atoms with Crippen LogP contribution in [-0.4, -0.2) is 37.8 Å². The molecule has 0 aliphatic carbocycles. The van der Waals surface area contributed by atoms with Crippen molar-refractivity contribution in [1.29, 1.82) is 0 Å². The van der Waals surface area contributed by atoms with Crippen molar-refractivity contribution in [3.8, 4) is 17.1 Å². The van der Waals surface area contributed by atoms with E-state index in [0.29, 0.717) is 39.5 Å². The van der Waals surface area contributed by atoms with Crippen LogP contribution >= 0.6 is 0 Å². The third kappa shape index (κ3) is 5.74. The molecule has 41 heavy (non-hydrogen) atoms. The number of anilines is 2. The topological polar surface area (TPSA) is 118 Å². The van der Waals surface area contributed by atoms with Gasteiger partial charge in [-0.15, -0.1) is 0 Å². The molecular formula is C30H29FN6O4. The molecule has 2 heterocycles. The Balaban J connectivity index is 1.51. The average molecular weight is 557 g/mol. The molecule has 0 atom stereocenters. The number of nitrogen functional groups attached to an aromatic ring is 1. The largest absolute Gasteiger partial charge is 0.489 e. The Labute approximate surface area is 235 Å². The van der Waals surface area contributed by atoms with Crippen LogP contribution in [0.1, 0.15) is 26.3 Å². The predicted octanol–water partition coefficient (Wildman–Crippen LogP) is 5.24. The zero-order valence-corrected chi connectivity index (χ0v) is 23.0. The molecule has 0 aliphatic heterocycles. The number of nitrogens with zero attached hydrogens (tertiary/aromatic N) is 5. The maximum Gasteiger partial charge on any atom is 0.414 e. The highest BCUT2D eigenvalue weighted by Gasteiger charge is 2.23.